The number of Topliss-reactive ketones (excluding diaryl/α,β-unsaturated/α-hetero) is 1. The van der Waals surface area contributed by atoms with Crippen molar-refractivity contribution in [2.24, 2.45) is 5.73 Å². The number of carbonyl (C=O) groups is 1. The van der Waals surface area contributed by atoms with E-state index in [2.05, 4.69) is 6.07 Å². The van der Waals surface area contributed by atoms with Crippen molar-refractivity contribution in [1.82, 2.24) is 0 Å². The first kappa shape index (κ1) is 12.1. The molecule has 0 saturated heterocycles. The summed E-state index contributed by atoms with van der Waals surface area (Å²) in [4.78, 5) is 11.6. The smallest absolute Gasteiger partial charge is 0.149 e. The number of carbonyl (C=O) groups excluding carboxylic acids is 1. The number of rotatable bonds is 5. The fourth-order valence-corrected chi connectivity index (χ4v) is 2.08. The molecule has 3 nitrogen and oxygen atoms in total. The molecule has 17 heavy (non-hydrogen) atoms. The van der Waals surface area contributed by atoms with Gasteiger partial charge in [-0.25, -0.2) is 0 Å². The predicted molar refractivity (Wildman–Crippen MR) is 67.2 cm³/mol. The fraction of sp³-hybridized carbons (Fsp3) is 0.500. The lowest BCUT2D eigenvalue weighted by Crippen LogP contribution is -2.29. The van der Waals surface area contributed by atoms with Crippen LogP contribution in [0, 0.1) is 0 Å². The van der Waals surface area contributed by atoms with Crippen molar-refractivity contribution in [2.75, 3.05) is 6.61 Å². The zero-order chi connectivity index (χ0) is 12.3. The highest BCUT2D eigenvalue weighted by molar-refractivity contribution is 5.83. The van der Waals surface area contributed by atoms with Crippen molar-refractivity contribution in [3.8, 4) is 5.75 Å². The van der Waals surface area contributed by atoms with Gasteiger partial charge in [0.15, 0.2) is 0 Å². The van der Waals surface area contributed by atoms with Crippen molar-refractivity contribution in [2.45, 2.75) is 38.6 Å². The molecule has 2 rings (SSSR count). The second kappa shape index (κ2) is 5.32. The van der Waals surface area contributed by atoms with E-state index in [0.29, 0.717) is 6.42 Å². The van der Waals surface area contributed by atoms with Crippen LogP contribution in [0.25, 0.3) is 0 Å². The largest absolute Gasteiger partial charge is 0.493 e. The van der Waals surface area contributed by atoms with Crippen LogP contribution in [0.3, 0.4) is 0 Å². The quantitative estimate of drug-likeness (QED) is 0.844. The third-order valence-electron chi connectivity index (χ3n) is 3.27. The van der Waals surface area contributed by atoms with Crippen LogP contribution >= 0.6 is 0 Å². The number of fused-ring (bicyclic) bond motifs is 1. The van der Waals surface area contributed by atoms with Crippen LogP contribution in [0.5, 0.6) is 5.75 Å². The Balaban J connectivity index is 1.93. The Morgan fingerprint density at radius 3 is 3.12 bits per heavy atom. The zero-order valence-corrected chi connectivity index (χ0v) is 10.2. The average molecular weight is 233 g/mol. The first-order valence-corrected chi connectivity index (χ1v) is 6.23. The Hall–Kier alpha value is -1.35. The molecule has 0 amide bonds. The van der Waals surface area contributed by atoms with E-state index in [4.69, 9.17) is 10.5 Å². The number of ether oxygens (including phenoxy) is 1. The summed E-state index contributed by atoms with van der Waals surface area (Å²) in [5.41, 5.74) is 8.16. The lowest BCUT2D eigenvalue weighted by Gasteiger charge is -2.08. The standard InChI is InChI=1S/C14H19NO2/c1-2-12(15)13(16)5-3-10-4-6-14-11(9-10)7-8-17-14/h4,6,9,12H,2-3,5,7-8,15H2,1H3. The molecule has 0 saturated carbocycles. The Bertz CT molecular complexity index is 415. The molecule has 0 aliphatic carbocycles. The average Bonchev–Trinajstić information content (AvgIpc) is 2.82. The topological polar surface area (TPSA) is 52.3 Å². The van der Waals surface area contributed by atoms with E-state index in [1.807, 2.05) is 19.1 Å². The van der Waals surface area contributed by atoms with E-state index in [1.165, 1.54) is 11.1 Å². The number of nitrogens with two attached hydrogens (primary N) is 1. The molecule has 1 unspecified atom stereocenters. The van der Waals surface area contributed by atoms with Crippen molar-refractivity contribution in [3.63, 3.8) is 0 Å². The Morgan fingerprint density at radius 1 is 1.53 bits per heavy atom. The van der Waals surface area contributed by atoms with Gasteiger partial charge in [-0.3, -0.25) is 4.79 Å². The summed E-state index contributed by atoms with van der Waals surface area (Å²) in [7, 11) is 0. The first-order valence-electron chi connectivity index (χ1n) is 6.23. The molecule has 0 bridgehead atoms. The Morgan fingerprint density at radius 2 is 2.35 bits per heavy atom. The van der Waals surface area contributed by atoms with Gasteiger partial charge in [0.2, 0.25) is 0 Å². The lowest BCUT2D eigenvalue weighted by molar-refractivity contribution is -0.120. The van der Waals surface area contributed by atoms with E-state index in [-0.39, 0.29) is 11.8 Å². The number of hydrogen-bond acceptors (Lipinski definition) is 3. The van der Waals surface area contributed by atoms with Gasteiger partial charge in [-0.2, -0.15) is 0 Å². The van der Waals surface area contributed by atoms with Gasteiger partial charge >= 0.3 is 0 Å². The van der Waals surface area contributed by atoms with Gasteiger partial charge in [0.25, 0.3) is 0 Å². The van der Waals surface area contributed by atoms with Gasteiger partial charge in [-0.15, -0.1) is 0 Å². The molecule has 1 heterocycles. The molecule has 0 spiro atoms. The SMILES string of the molecule is CCC(N)C(=O)CCc1ccc2c(c1)CCO2. The molecule has 0 radical (unpaired) electrons. The van der Waals surface area contributed by atoms with Gasteiger partial charge in [-0.05, 0) is 30.0 Å². The third kappa shape index (κ3) is 2.86. The van der Waals surface area contributed by atoms with Crippen LogP contribution in [-0.4, -0.2) is 18.4 Å². The molecule has 2 N–H and O–H groups in total. The minimum Gasteiger partial charge on any atom is -0.493 e. The highest BCUT2D eigenvalue weighted by atomic mass is 16.5. The maximum atomic E-state index is 11.6. The molecule has 0 aromatic heterocycles. The number of hydrogen-bond donors (Lipinski definition) is 1. The molecule has 3 heteroatoms. The maximum Gasteiger partial charge on any atom is 0.149 e. The van der Waals surface area contributed by atoms with Crippen LogP contribution in [0.15, 0.2) is 18.2 Å². The summed E-state index contributed by atoms with van der Waals surface area (Å²) in [5, 5.41) is 0. The highest BCUT2D eigenvalue weighted by Crippen LogP contribution is 2.26. The summed E-state index contributed by atoms with van der Waals surface area (Å²) < 4.78 is 5.45. The van der Waals surface area contributed by atoms with Gasteiger partial charge in [0.1, 0.15) is 11.5 Å². The van der Waals surface area contributed by atoms with Crippen LogP contribution in [0.1, 0.15) is 30.9 Å². The molecular weight excluding hydrogens is 214 g/mol. The number of ketones is 1. The van der Waals surface area contributed by atoms with E-state index in [1.54, 1.807) is 0 Å². The molecule has 92 valence electrons. The van der Waals surface area contributed by atoms with Crippen molar-refractivity contribution in [1.29, 1.82) is 0 Å². The van der Waals surface area contributed by atoms with Crippen LogP contribution < -0.4 is 10.5 Å². The van der Waals surface area contributed by atoms with Crippen molar-refractivity contribution < 1.29 is 9.53 Å². The summed E-state index contributed by atoms with van der Waals surface area (Å²) in [6, 6.07) is 5.89. The minimum atomic E-state index is -0.298. The van der Waals surface area contributed by atoms with Gasteiger partial charge < -0.3 is 10.5 Å². The van der Waals surface area contributed by atoms with E-state index >= 15 is 0 Å². The normalized spacial score (nSPS) is 15.2. The van der Waals surface area contributed by atoms with Gasteiger partial charge in [-0.1, -0.05) is 19.1 Å². The van der Waals surface area contributed by atoms with E-state index < -0.39 is 0 Å². The van der Waals surface area contributed by atoms with Gasteiger partial charge in [0, 0.05) is 12.8 Å². The maximum absolute atomic E-state index is 11.6. The first-order chi connectivity index (χ1) is 8.20. The highest BCUT2D eigenvalue weighted by Gasteiger charge is 2.14. The van der Waals surface area contributed by atoms with E-state index in [0.717, 1.165) is 31.6 Å². The molecule has 1 atom stereocenters. The summed E-state index contributed by atoms with van der Waals surface area (Å²) in [6.45, 7) is 2.72. The Labute approximate surface area is 102 Å². The number of benzene rings is 1. The van der Waals surface area contributed by atoms with Crippen LogP contribution in [-0.2, 0) is 17.6 Å². The molecule has 1 aromatic carbocycles. The van der Waals surface area contributed by atoms with Crippen molar-refractivity contribution in [3.05, 3.63) is 29.3 Å². The zero-order valence-electron chi connectivity index (χ0n) is 10.2. The summed E-state index contributed by atoms with van der Waals surface area (Å²) in [6.07, 6.45) is 3.01. The van der Waals surface area contributed by atoms with Crippen LogP contribution in [0.4, 0.5) is 0 Å². The molecular formula is C14H19NO2. The summed E-state index contributed by atoms with van der Waals surface area (Å²) >= 11 is 0. The summed E-state index contributed by atoms with van der Waals surface area (Å²) in [5.74, 6) is 1.15. The fourth-order valence-electron chi connectivity index (χ4n) is 2.08. The van der Waals surface area contributed by atoms with Crippen LogP contribution in [0.2, 0.25) is 0 Å². The molecule has 1 aliphatic rings. The monoisotopic (exact) mass is 233 g/mol. The number of aryl methyl sites for hydroxylation is 1. The second-order valence-corrected chi connectivity index (χ2v) is 4.52. The van der Waals surface area contributed by atoms with Gasteiger partial charge in [0.05, 0.1) is 12.6 Å². The molecule has 1 aliphatic heterocycles. The van der Waals surface area contributed by atoms with E-state index in [9.17, 15) is 4.79 Å². The third-order valence-corrected chi connectivity index (χ3v) is 3.27. The Kier molecular flexibility index (Phi) is 3.79. The lowest BCUT2D eigenvalue weighted by atomic mass is 10.0. The predicted octanol–water partition coefficient (Wildman–Crippen LogP) is 1.86. The molecule has 0 fully saturated rings. The van der Waals surface area contributed by atoms with Crippen molar-refractivity contribution >= 4 is 5.78 Å². The minimum absolute atomic E-state index is 0.157. The molecule has 1 aromatic rings. The second-order valence-electron chi connectivity index (χ2n) is 4.52.